The number of hydrogen-bond donors (Lipinski definition) is 0. The normalized spacial score (nSPS) is 16.2. The van der Waals surface area contributed by atoms with Crippen LogP contribution in [-0.2, 0) is 18.3 Å². The van der Waals surface area contributed by atoms with Crippen LogP contribution in [0, 0.1) is 0 Å². The molecule has 8 heteroatoms. The highest BCUT2D eigenvalue weighted by atomic mass is 28.4. The van der Waals surface area contributed by atoms with E-state index in [2.05, 4.69) is 70.7 Å². The Morgan fingerprint density at radius 2 is 0.825 bits per heavy atom. The molecule has 0 saturated carbocycles. The number of likely N-dealkylation sites (tertiary alicyclic amines) is 1. The molecule has 0 radical (unpaired) electrons. The molecule has 0 bridgehead atoms. The van der Waals surface area contributed by atoms with Crippen LogP contribution >= 0.6 is 0 Å². The molecule has 1 aliphatic rings. The van der Waals surface area contributed by atoms with Crippen molar-refractivity contribution in [3.05, 3.63) is 0 Å². The van der Waals surface area contributed by atoms with Gasteiger partial charge in [0.25, 0.3) is 0 Å². The lowest BCUT2D eigenvalue weighted by atomic mass is 10.1. The molecule has 0 aromatic heterocycles. The van der Waals surface area contributed by atoms with Crippen molar-refractivity contribution < 1.29 is 18.3 Å². The quantitative estimate of drug-likeness (QED) is 0.0344. The Hall–Kier alpha value is 0.194. The molecule has 3 atom stereocenters. The van der Waals surface area contributed by atoms with Crippen molar-refractivity contribution in [2.75, 3.05) is 46.4 Å². The van der Waals surface area contributed by atoms with Gasteiger partial charge in [0.15, 0.2) is 16.6 Å². The monoisotopic (exact) mass is 925 g/mol. The van der Waals surface area contributed by atoms with E-state index in [1.807, 2.05) is 0 Å². The van der Waals surface area contributed by atoms with Gasteiger partial charge in [0.2, 0.25) is 0 Å². The van der Waals surface area contributed by atoms with Gasteiger partial charge in [0.1, 0.15) is 12.6 Å². The molecule has 0 aliphatic carbocycles. The summed E-state index contributed by atoms with van der Waals surface area (Å²) in [7, 11) is -1.17. The predicted molar refractivity (Wildman–Crippen MR) is 283 cm³/mol. The molecule has 0 spiro atoms. The molecule has 378 valence electrons. The van der Waals surface area contributed by atoms with Crippen LogP contribution < -0.4 is 0 Å². The Morgan fingerprint density at radius 1 is 0.460 bits per heavy atom. The standard InChI is InChI=1S/C55H116N2O4Si2/c1-10-14-18-22-26-36-49-58-54(60-62(6,7)51-38-28-24-20-16-12-3)42-32-30-34-46-57(48-44-53-41-40-45-56(53)5)47-35-31-33-43-55(59-50-37-27-23-19-15-11-2)61-63(8,9)52-39-29-25-21-17-13-4/h53-55H,10-52H2,1-9H3. The Balaban J connectivity index is 2.69. The highest BCUT2D eigenvalue weighted by Gasteiger charge is 2.28. The lowest BCUT2D eigenvalue weighted by Crippen LogP contribution is -2.37. The van der Waals surface area contributed by atoms with E-state index in [4.69, 9.17) is 18.3 Å². The Labute approximate surface area is 398 Å². The van der Waals surface area contributed by atoms with E-state index in [-0.39, 0.29) is 12.6 Å². The van der Waals surface area contributed by atoms with Gasteiger partial charge in [-0.3, -0.25) is 0 Å². The van der Waals surface area contributed by atoms with E-state index < -0.39 is 16.6 Å². The molecule has 0 aromatic rings. The van der Waals surface area contributed by atoms with Crippen molar-refractivity contribution in [1.82, 2.24) is 9.80 Å². The molecule has 1 rings (SSSR count). The third-order valence-corrected chi connectivity index (χ3v) is 19.0. The van der Waals surface area contributed by atoms with Gasteiger partial charge in [-0.1, -0.05) is 182 Å². The van der Waals surface area contributed by atoms with Gasteiger partial charge in [0, 0.05) is 19.3 Å². The SMILES string of the molecule is CCCCCCCCOC(CCCCCN(CCCCCC(OCCCCCCCC)O[Si](C)(C)CCCCCCCC)CCC1CCCN1C)O[Si](C)(C)CCCCCCCC. The summed E-state index contributed by atoms with van der Waals surface area (Å²) < 4.78 is 27.0. The van der Waals surface area contributed by atoms with Crippen molar-refractivity contribution in [1.29, 1.82) is 0 Å². The van der Waals surface area contributed by atoms with Crippen LogP contribution in [0.5, 0.6) is 0 Å². The third kappa shape index (κ3) is 37.8. The lowest BCUT2D eigenvalue weighted by molar-refractivity contribution is -0.0929. The molecule has 0 N–H and O–H groups in total. The number of ether oxygens (including phenoxy) is 2. The van der Waals surface area contributed by atoms with Gasteiger partial charge in [-0.15, -0.1) is 0 Å². The second-order valence-electron chi connectivity index (χ2n) is 21.5. The molecule has 63 heavy (non-hydrogen) atoms. The maximum absolute atomic E-state index is 6.93. The van der Waals surface area contributed by atoms with Crippen molar-refractivity contribution in [2.24, 2.45) is 0 Å². The van der Waals surface area contributed by atoms with Crippen LogP contribution in [0.1, 0.15) is 252 Å². The van der Waals surface area contributed by atoms with Gasteiger partial charge in [0.05, 0.1) is 0 Å². The topological polar surface area (TPSA) is 43.4 Å². The highest BCUT2D eigenvalue weighted by molar-refractivity contribution is 6.71. The highest BCUT2D eigenvalue weighted by Crippen LogP contribution is 2.25. The zero-order valence-corrected chi connectivity index (χ0v) is 46.7. The van der Waals surface area contributed by atoms with Gasteiger partial charge in [-0.2, -0.15) is 0 Å². The Kier molecular flexibility index (Phi) is 41.1. The molecule has 0 aromatic carbocycles. The first-order chi connectivity index (χ1) is 30.6. The molecule has 3 unspecified atom stereocenters. The minimum absolute atomic E-state index is 0.0113. The second-order valence-corrected chi connectivity index (χ2v) is 30.0. The maximum atomic E-state index is 6.93. The molecule has 1 heterocycles. The first-order valence-electron chi connectivity index (χ1n) is 28.6. The van der Waals surface area contributed by atoms with E-state index in [1.54, 1.807) is 0 Å². The summed E-state index contributed by atoms with van der Waals surface area (Å²) in [6.45, 7) is 25.7. The van der Waals surface area contributed by atoms with Crippen LogP contribution in [0.15, 0.2) is 0 Å². The smallest absolute Gasteiger partial charge is 0.190 e. The first-order valence-corrected chi connectivity index (χ1v) is 34.8. The summed E-state index contributed by atoms with van der Waals surface area (Å²) in [4.78, 5) is 5.44. The second kappa shape index (κ2) is 42.3. The summed E-state index contributed by atoms with van der Waals surface area (Å²) in [6, 6.07) is 3.30. The average Bonchev–Trinajstić information content (AvgIpc) is 3.67. The molecule has 6 nitrogen and oxygen atoms in total. The van der Waals surface area contributed by atoms with Crippen LogP contribution in [0.2, 0.25) is 38.3 Å². The Morgan fingerprint density at radius 3 is 1.21 bits per heavy atom. The van der Waals surface area contributed by atoms with Crippen LogP contribution in [0.3, 0.4) is 0 Å². The zero-order valence-electron chi connectivity index (χ0n) is 44.7. The molecule has 1 aliphatic heterocycles. The van der Waals surface area contributed by atoms with E-state index >= 15 is 0 Å². The number of nitrogens with zero attached hydrogens (tertiary/aromatic N) is 2. The van der Waals surface area contributed by atoms with Crippen molar-refractivity contribution in [3.63, 3.8) is 0 Å². The largest absolute Gasteiger partial charge is 0.393 e. The number of rotatable bonds is 49. The summed E-state index contributed by atoms with van der Waals surface area (Å²) in [5.41, 5.74) is 0. The number of unbranched alkanes of at least 4 members (excludes halogenated alkanes) is 24. The summed E-state index contributed by atoms with van der Waals surface area (Å²) in [5.74, 6) is 0. The first kappa shape index (κ1) is 61.2. The predicted octanol–water partition coefficient (Wildman–Crippen LogP) is 17.5. The van der Waals surface area contributed by atoms with Crippen LogP contribution in [0.25, 0.3) is 0 Å². The van der Waals surface area contributed by atoms with E-state index in [9.17, 15) is 0 Å². The lowest BCUT2D eigenvalue weighted by Gasteiger charge is -2.30. The van der Waals surface area contributed by atoms with Gasteiger partial charge in [-0.25, -0.2) is 0 Å². The van der Waals surface area contributed by atoms with E-state index in [0.717, 1.165) is 32.1 Å². The molecule has 1 fully saturated rings. The fraction of sp³-hybridized carbons (Fsp3) is 1.00. The Bertz CT molecular complexity index is 896. The van der Waals surface area contributed by atoms with E-state index in [0.29, 0.717) is 0 Å². The molecule has 0 amide bonds. The average molecular weight is 926 g/mol. The van der Waals surface area contributed by atoms with Crippen LogP contribution in [-0.4, -0.2) is 91.5 Å². The van der Waals surface area contributed by atoms with Gasteiger partial charge < -0.3 is 28.1 Å². The summed E-state index contributed by atoms with van der Waals surface area (Å²) >= 11 is 0. The molecular formula is C55H116N2O4Si2. The fourth-order valence-electron chi connectivity index (χ4n) is 9.70. The molecule has 1 saturated heterocycles. The number of hydrogen-bond acceptors (Lipinski definition) is 6. The van der Waals surface area contributed by atoms with Crippen LogP contribution in [0.4, 0.5) is 0 Å². The summed E-state index contributed by atoms with van der Waals surface area (Å²) in [6.07, 6.45) is 45.7. The minimum Gasteiger partial charge on any atom is -0.393 e. The third-order valence-electron chi connectivity index (χ3n) is 14.0. The fourth-order valence-corrected chi connectivity index (χ4v) is 13.9. The van der Waals surface area contributed by atoms with E-state index in [1.165, 1.54) is 250 Å². The maximum Gasteiger partial charge on any atom is 0.190 e. The van der Waals surface area contributed by atoms with Crippen molar-refractivity contribution >= 4 is 16.6 Å². The molecular weight excluding hydrogens is 809 g/mol. The van der Waals surface area contributed by atoms with Gasteiger partial charge >= 0.3 is 0 Å². The van der Waals surface area contributed by atoms with Gasteiger partial charge in [-0.05, 0) is 142 Å². The minimum atomic E-state index is -1.76. The zero-order chi connectivity index (χ0) is 46.1. The van der Waals surface area contributed by atoms with Crippen molar-refractivity contribution in [2.45, 2.75) is 309 Å². The summed E-state index contributed by atoms with van der Waals surface area (Å²) in [5, 5.41) is 0. The van der Waals surface area contributed by atoms with Crippen molar-refractivity contribution in [3.8, 4) is 0 Å².